The number of pyridine rings is 1. The minimum atomic E-state index is -0.254. The highest BCUT2D eigenvalue weighted by atomic mass is 35.5. The molecule has 0 saturated carbocycles. The molecule has 0 fully saturated rings. The Bertz CT molecular complexity index is 841. The van der Waals surface area contributed by atoms with Crippen LogP contribution in [0.4, 0.5) is 5.69 Å². The van der Waals surface area contributed by atoms with Gasteiger partial charge in [0.15, 0.2) is 5.65 Å². The highest BCUT2D eigenvalue weighted by Gasteiger charge is 2.11. The van der Waals surface area contributed by atoms with Crippen LogP contribution in [0.25, 0.3) is 5.65 Å². The fourth-order valence-electron chi connectivity index (χ4n) is 2.17. The van der Waals surface area contributed by atoms with Crippen LogP contribution in [0.5, 0.6) is 0 Å². The third-order valence-electron chi connectivity index (χ3n) is 3.10. The van der Waals surface area contributed by atoms with Crippen LogP contribution in [0.3, 0.4) is 0 Å². The van der Waals surface area contributed by atoms with Gasteiger partial charge in [0.05, 0.1) is 22.5 Å². The van der Waals surface area contributed by atoms with Crippen molar-refractivity contribution in [2.45, 2.75) is 13.8 Å². The number of rotatable bonds is 2. The molecule has 0 unspecified atom stereocenters. The Morgan fingerprint density at radius 2 is 2.05 bits per heavy atom. The van der Waals surface area contributed by atoms with E-state index >= 15 is 0 Å². The Balaban J connectivity index is 1.95. The number of anilines is 1. The van der Waals surface area contributed by atoms with Gasteiger partial charge in [0.25, 0.3) is 5.91 Å². The number of hydrogen-bond acceptors (Lipinski definition) is 3. The minimum absolute atomic E-state index is 0.254. The SMILES string of the molecule is Cc1nc2c(C)cc(NC(=O)c3ccccc3Cl)cn2n1. The molecule has 2 aromatic heterocycles. The van der Waals surface area contributed by atoms with Gasteiger partial charge < -0.3 is 5.32 Å². The molecule has 6 heteroatoms. The second kappa shape index (κ2) is 5.18. The van der Waals surface area contributed by atoms with Crippen molar-refractivity contribution in [1.82, 2.24) is 14.6 Å². The molecular weight excluding hydrogens is 288 g/mol. The maximum absolute atomic E-state index is 12.2. The smallest absolute Gasteiger partial charge is 0.257 e. The second-order valence-corrected chi connectivity index (χ2v) is 5.18. The van der Waals surface area contributed by atoms with Crippen LogP contribution in [0.15, 0.2) is 36.5 Å². The van der Waals surface area contributed by atoms with Crippen LogP contribution in [-0.4, -0.2) is 20.5 Å². The molecule has 3 rings (SSSR count). The quantitative estimate of drug-likeness (QED) is 0.790. The molecule has 1 aromatic carbocycles. The molecule has 0 bridgehead atoms. The van der Waals surface area contributed by atoms with Crippen molar-refractivity contribution < 1.29 is 4.79 Å². The monoisotopic (exact) mass is 300 g/mol. The Labute approximate surface area is 126 Å². The summed E-state index contributed by atoms with van der Waals surface area (Å²) in [5.74, 6) is 0.434. The van der Waals surface area contributed by atoms with Gasteiger partial charge in [-0.05, 0) is 37.6 Å². The summed E-state index contributed by atoms with van der Waals surface area (Å²) in [7, 11) is 0. The predicted molar refractivity (Wildman–Crippen MR) is 81.9 cm³/mol. The van der Waals surface area contributed by atoms with Crippen molar-refractivity contribution >= 4 is 28.8 Å². The molecule has 0 radical (unpaired) electrons. The number of hydrogen-bond donors (Lipinski definition) is 1. The van der Waals surface area contributed by atoms with Gasteiger partial charge in [-0.1, -0.05) is 23.7 Å². The molecule has 1 N–H and O–H groups in total. The fraction of sp³-hybridized carbons (Fsp3) is 0.133. The van der Waals surface area contributed by atoms with Gasteiger partial charge in [0.2, 0.25) is 0 Å². The topological polar surface area (TPSA) is 59.3 Å². The normalized spacial score (nSPS) is 10.8. The Morgan fingerprint density at radius 3 is 2.81 bits per heavy atom. The zero-order valence-electron chi connectivity index (χ0n) is 11.6. The van der Waals surface area contributed by atoms with Gasteiger partial charge in [0.1, 0.15) is 5.82 Å². The average Bonchev–Trinajstić information content (AvgIpc) is 2.80. The number of aromatic nitrogens is 3. The third-order valence-corrected chi connectivity index (χ3v) is 3.43. The number of aryl methyl sites for hydroxylation is 2. The minimum Gasteiger partial charge on any atom is -0.321 e. The number of fused-ring (bicyclic) bond motifs is 1. The maximum atomic E-state index is 12.2. The Hall–Kier alpha value is -2.40. The summed E-state index contributed by atoms with van der Waals surface area (Å²) in [6.45, 7) is 3.75. The van der Waals surface area contributed by atoms with E-state index in [1.54, 1.807) is 35.0 Å². The number of carbonyl (C=O) groups excluding carboxylic acids is 1. The first kappa shape index (κ1) is 13.6. The van der Waals surface area contributed by atoms with E-state index in [0.717, 1.165) is 11.2 Å². The summed E-state index contributed by atoms with van der Waals surface area (Å²) in [4.78, 5) is 16.6. The lowest BCUT2D eigenvalue weighted by Crippen LogP contribution is -2.13. The summed E-state index contributed by atoms with van der Waals surface area (Å²) in [6, 6.07) is 8.79. The first-order valence-electron chi connectivity index (χ1n) is 6.44. The van der Waals surface area contributed by atoms with E-state index in [1.165, 1.54) is 0 Å². The predicted octanol–water partition coefficient (Wildman–Crippen LogP) is 3.25. The number of halogens is 1. The highest BCUT2D eigenvalue weighted by molar-refractivity contribution is 6.34. The highest BCUT2D eigenvalue weighted by Crippen LogP contribution is 2.19. The first-order valence-corrected chi connectivity index (χ1v) is 6.82. The Kier molecular flexibility index (Phi) is 3.35. The van der Waals surface area contributed by atoms with Crippen LogP contribution in [-0.2, 0) is 0 Å². The molecule has 1 amide bonds. The van der Waals surface area contributed by atoms with Crippen molar-refractivity contribution in [2.75, 3.05) is 5.32 Å². The van der Waals surface area contributed by atoms with Crippen molar-refractivity contribution in [3.8, 4) is 0 Å². The molecular formula is C15H13ClN4O. The van der Waals surface area contributed by atoms with Crippen LogP contribution < -0.4 is 5.32 Å². The summed E-state index contributed by atoms with van der Waals surface area (Å²) in [6.07, 6.45) is 1.73. The lowest BCUT2D eigenvalue weighted by molar-refractivity contribution is 0.102. The number of amides is 1. The van der Waals surface area contributed by atoms with Crippen molar-refractivity contribution in [3.05, 3.63) is 58.5 Å². The molecule has 106 valence electrons. The van der Waals surface area contributed by atoms with Gasteiger partial charge in [-0.15, -0.1) is 0 Å². The van der Waals surface area contributed by atoms with Crippen LogP contribution >= 0.6 is 11.6 Å². The van der Waals surface area contributed by atoms with E-state index in [-0.39, 0.29) is 5.91 Å². The molecule has 0 saturated heterocycles. The Morgan fingerprint density at radius 1 is 1.29 bits per heavy atom. The van der Waals surface area contributed by atoms with Gasteiger partial charge in [0, 0.05) is 0 Å². The van der Waals surface area contributed by atoms with Gasteiger partial charge in [-0.2, -0.15) is 5.10 Å². The van der Waals surface area contributed by atoms with E-state index in [2.05, 4.69) is 15.4 Å². The lowest BCUT2D eigenvalue weighted by atomic mass is 10.2. The molecule has 0 spiro atoms. The number of nitrogens with zero attached hydrogens (tertiary/aromatic N) is 3. The number of benzene rings is 1. The zero-order chi connectivity index (χ0) is 15.0. The summed E-state index contributed by atoms with van der Waals surface area (Å²) in [5, 5.41) is 7.51. The van der Waals surface area contributed by atoms with E-state index < -0.39 is 0 Å². The number of carbonyl (C=O) groups is 1. The van der Waals surface area contributed by atoms with E-state index in [9.17, 15) is 4.79 Å². The first-order chi connectivity index (χ1) is 10.0. The van der Waals surface area contributed by atoms with Gasteiger partial charge >= 0.3 is 0 Å². The van der Waals surface area contributed by atoms with Gasteiger partial charge in [-0.3, -0.25) is 4.79 Å². The van der Waals surface area contributed by atoms with Crippen molar-refractivity contribution in [2.24, 2.45) is 0 Å². The van der Waals surface area contributed by atoms with Crippen LogP contribution in [0.2, 0.25) is 5.02 Å². The molecule has 0 aliphatic rings. The van der Waals surface area contributed by atoms with E-state index in [4.69, 9.17) is 11.6 Å². The molecule has 0 aliphatic carbocycles. The average molecular weight is 301 g/mol. The molecule has 2 heterocycles. The van der Waals surface area contributed by atoms with E-state index in [1.807, 2.05) is 19.9 Å². The van der Waals surface area contributed by atoms with E-state index in [0.29, 0.717) is 22.1 Å². The third kappa shape index (κ3) is 2.60. The molecule has 21 heavy (non-hydrogen) atoms. The lowest BCUT2D eigenvalue weighted by Gasteiger charge is -2.08. The molecule has 0 atom stereocenters. The van der Waals surface area contributed by atoms with Gasteiger partial charge in [-0.25, -0.2) is 9.50 Å². The summed E-state index contributed by atoms with van der Waals surface area (Å²) >= 11 is 6.03. The summed E-state index contributed by atoms with van der Waals surface area (Å²) in [5.41, 5.74) is 2.80. The standard InChI is InChI=1S/C15H13ClN4O/c1-9-7-11(8-20-14(9)17-10(2)19-20)18-15(21)12-5-3-4-6-13(12)16/h3-8H,1-2H3,(H,18,21). The fourth-order valence-corrected chi connectivity index (χ4v) is 2.39. The molecule has 5 nitrogen and oxygen atoms in total. The van der Waals surface area contributed by atoms with Crippen molar-refractivity contribution in [3.63, 3.8) is 0 Å². The van der Waals surface area contributed by atoms with Crippen LogP contribution in [0, 0.1) is 13.8 Å². The zero-order valence-corrected chi connectivity index (χ0v) is 12.3. The van der Waals surface area contributed by atoms with Crippen molar-refractivity contribution in [1.29, 1.82) is 0 Å². The number of nitrogens with one attached hydrogen (secondary N) is 1. The molecule has 3 aromatic rings. The van der Waals surface area contributed by atoms with Crippen LogP contribution in [0.1, 0.15) is 21.7 Å². The largest absolute Gasteiger partial charge is 0.321 e. The molecule has 0 aliphatic heterocycles. The summed E-state index contributed by atoms with van der Waals surface area (Å²) < 4.78 is 1.66. The second-order valence-electron chi connectivity index (χ2n) is 4.77. The maximum Gasteiger partial charge on any atom is 0.257 e.